The van der Waals surface area contributed by atoms with Gasteiger partial charge in [0.2, 0.25) is 0 Å². The first kappa shape index (κ1) is 19.3. The van der Waals surface area contributed by atoms with Gasteiger partial charge < -0.3 is 9.30 Å². The molecule has 4 aromatic rings. The molecule has 0 aliphatic heterocycles. The number of hydrogen-bond donors (Lipinski definition) is 0. The number of halogens is 1. The lowest BCUT2D eigenvalue weighted by molar-refractivity contribution is 0.142. The van der Waals surface area contributed by atoms with Crippen molar-refractivity contribution in [1.29, 1.82) is 0 Å². The molecule has 0 atom stereocenters. The SMILES string of the molecule is CCOCCCn1cnc2cc(-c3ccc(C)c(F)c3)c(-c3cccnc3)cc21. The maximum atomic E-state index is 14.3. The molecule has 0 aliphatic carbocycles. The highest BCUT2D eigenvalue weighted by Gasteiger charge is 2.14. The summed E-state index contributed by atoms with van der Waals surface area (Å²) in [4.78, 5) is 8.87. The number of aromatic nitrogens is 3. The second kappa shape index (κ2) is 8.53. The van der Waals surface area contributed by atoms with Crippen LogP contribution in [0.5, 0.6) is 0 Å². The highest BCUT2D eigenvalue weighted by molar-refractivity contribution is 5.93. The van der Waals surface area contributed by atoms with Crippen LogP contribution in [0.1, 0.15) is 18.9 Å². The highest BCUT2D eigenvalue weighted by Crippen LogP contribution is 2.35. The molecule has 4 nitrogen and oxygen atoms in total. The third kappa shape index (κ3) is 4.05. The summed E-state index contributed by atoms with van der Waals surface area (Å²) in [6, 6.07) is 13.5. The average molecular weight is 389 g/mol. The zero-order valence-electron chi connectivity index (χ0n) is 16.7. The summed E-state index contributed by atoms with van der Waals surface area (Å²) in [7, 11) is 0. The number of nitrogens with zero attached hydrogens (tertiary/aromatic N) is 3. The molecule has 0 unspecified atom stereocenters. The number of imidazole rings is 1. The molecule has 2 aromatic heterocycles. The van der Waals surface area contributed by atoms with Crippen LogP contribution in [0.2, 0.25) is 0 Å². The molecular formula is C24H24FN3O. The summed E-state index contributed by atoms with van der Waals surface area (Å²) < 4.78 is 21.9. The minimum absolute atomic E-state index is 0.207. The van der Waals surface area contributed by atoms with Gasteiger partial charge in [-0.2, -0.15) is 0 Å². The molecule has 0 bridgehead atoms. The van der Waals surface area contributed by atoms with Gasteiger partial charge in [0.1, 0.15) is 5.82 Å². The Kier molecular flexibility index (Phi) is 5.67. The first-order valence-corrected chi connectivity index (χ1v) is 9.91. The molecule has 0 fully saturated rings. The maximum absolute atomic E-state index is 14.3. The lowest BCUT2D eigenvalue weighted by Crippen LogP contribution is -2.01. The number of aryl methyl sites for hydroxylation is 2. The minimum Gasteiger partial charge on any atom is -0.382 e. The van der Waals surface area contributed by atoms with Crippen molar-refractivity contribution in [3.8, 4) is 22.3 Å². The molecule has 0 spiro atoms. The molecule has 0 N–H and O–H groups in total. The van der Waals surface area contributed by atoms with E-state index in [1.807, 2.05) is 49.8 Å². The van der Waals surface area contributed by atoms with Crippen molar-refractivity contribution in [3.05, 3.63) is 72.6 Å². The predicted molar refractivity (Wildman–Crippen MR) is 114 cm³/mol. The van der Waals surface area contributed by atoms with Crippen molar-refractivity contribution in [2.45, 2.75) is 26.8 Å². The van der Waals surface area contributed by atoms with Crippen molar-refractivity contribution >= 4 is 11.0 Å². The zero-order valence-corrected chi connectivity index (χ0v) is 16.7. The molecule has 2 heterocycles. The van der Waals surface area contributed by atoms with Gasteiger partial charge in [0.15, 0.2) is 0 Å². The molecule has 29 heavy (non-hydrogen) atoms. The van der Waals surface area contributed by atoms with Crippen molar-refractivity contribution in [2.24, 2.45) is 0 Å². The van der Waals surface area contributed by atoms with Crippen molar-refractivity contribution in [2.75, 3.05) is 13.2 Å². The van der Waals surface area contributed by atoms with Gasteiger partial charge in [0.25, 0.3) is 0 Å². The molecule has 0 radical (unpaired) electrons. The summed E-state index contributed by atoms with van der Waals surface area (Å²) in [5.74, 6) is -0.207. The largest absolute Gasteiger partial charge is 0.382 e. The van der Waals surface area contributed by atoms with E-state index in [0.29, 0.717) is 5.56 Å². The van der Waals surface area contributed by atoms with Crippen molar-refractivity contribution < 1.29 is 9.13 Å². The lowest BCUT2D eigenvalue weighted by atomic mass is 9.94. The third-order valence-corrected chi connectivity index (χ3v) is 5.11. The van der Waals surface area contributed by atoms with Crippen LogP contribution in [0.25, 0.3) is 33.3 Å². The first-order valence-electron chi connectivity index (χ1n) is 9.91. The Morgan fingerprint density at radius 2 is 1.93 bits per heavy atom. The van der Waals surface area contributed by atoms with E-state index in [9.17, 15) is 4.39 Å². The predicted octanol–water partition coefficient (Wildman–Crippen LogP) is 5.64. The number of pyridine rings is 1. The van der Waals surface area contributed by atoms with Crippen LogP contribution in [0.15, 0.2) is 61.2 Å². The standard InChI is InChI=1S/C24H24FN3O/c1-3-29-11-5-10-28-16-27-23-13-20(18-8-7-17(2)22(25)12-18)21(14-24(23)28)19-6-4-9-26-15-19/h4,6-9,12-16H,3,5,10-11H2,1-2H3. The Labute approximate surface area is 170 Å². The molecule has 148 valence electrons. The van der Waals surface area contributed by atoms with Crippen LogP contribution in [-0.2, 0) is 11.3 Å². The van der Waals surface area contributed by atoms with E-state index < -0.39 is 0 Å². The monoisotopic (exact) mass is 389 g/mol. The van der Waals surface area contributed by atoms with E-state index in [1.165, 1.54) is 0 Å². The molecule has 5 heteroatoms. The Balaban J connectivity index is 1.83. The molecule has 2 aromatic carbocycles. The Morgan fingerprint density at radius 3 is 2.69 bits per heavy atom. The number of fused-ring (bicyclic) bond motifs is 1. The Hall–Kier alpha value is -3.05. The molecule has 0 aliphatic rings. The summed E-state index contributed by atoms with van der Waals surface area (Å²) in [6.07, 6.45) is 6.38. The van der Waals surface area contributed by atoms with Gasteiger partial charge in [-0.05, 0) is 66.8 Å². The van der Waals surface area contributed by atoms with Crippen molar-refractivity contribution in [3.63, 3.8) is 0 Å². The van der Waals surface area contributed by atoms with Crippen LogP contribution in [-0.4, -0.2) is 27.7 Å². The van der Waals surface area contributed by atoms with Crippen LogP contribution >= 0.6 is 0 Å². The molecule has 4 rings (SSSR count). The van der Waals surface area contributed by atoms with Gasteiger partial charge in [-0.15, -0.1) is 0 Å². The number of rotatable bonds is 7. The second-order valence-electron chi connectivity index (χ2n) is 7.08. The van der Waals surface area contributed by atoms with Gasteiger partial charge in [-0.25, -0.2) is 9.37 Å². The van der Waals surface area contributed by atoms with Crippen LogP contribution in [0, 0.1) is 12.7 Å². The Morgan fingerprint density at radius 1 is 1.07 bits per heavy atom. The van der Waals surface area contributed by atoms with Gasteiger partial charge in [0.05, 0.1) is 17.4 Å². The lowest BCUT2D eigenvalue weighted by Gasteiger charge is -2.13. The summed E-state index contributed by atoms with van der Waals surface area (Å²) in [5, 5.41) is 0. The van der Waals surface area contributed by atoms with E-state index in [1.54, 1.807) is 19.2 Å². The zero-order chi connectivity index (χ0) is 20.2. The molecule has 0 saturated carbocycles. The van der Waals surface area contributed by atoms with E-state index in [0.717, 1.165) is 59.5 Å². The van der Waals surface area contributed by atoms with Crippen molar-refractivity contribution in [1.82, 2.24) is 14.5 Å². The van der Waals surface area contributed by atoms with E-state index in [-0.39, 0.29) is 5.82 Å². The van der Waals surface area contributed by atoms with Crippen LogP contribution in [0.4, 0.5) is 4.39 Å². The Bertz CT molecular complexity index is 1120. The quantitative estimate of drug-likeness (QED) is 0.384. The first-order chi connectivity index (χ1) is 14.2. The maximum Gasteiger partial charge on any atom is 0.126 e. The minimum atomic E-state index is -0.207. The molecule has 0 amide bonds. The normalized spacial score (nSPS) is 11.3. The molecular weight excluding hydrogens is 365 g/mol. The number of benzene rings is 2. The fourth-order valence-corrected chi connectivity index (χ4v) is 3.52. The topological polar surface area (TPSA) is 39.9 Å². The van der Waals surface area contributed by atoms with E-state index in [2.05, 4.69) is 20.6 Å². The fourth-order valence-electron chi connectivity index (χ4n) is 3.52. The van der Waals surface area contributed by atoms with E-state index in [4.69, 9.17) is 4.74 Å². The highest BCUT2D eigenvalue weighted by atomic mass is 19.1. The van der Waals surface area contributed by atoms with E-state index >= 15 is 0 Å². The fraction of sp³-hybridized carbons (Fsp3) is 0.250. The summed E-state index contributed by atoms with van der Waals surface area (Å²) >= 11 is 0. The van der Waals surface area contributed by atoms with Gasteiger partial charge >= 0.3 is 0 Å². The average Bonchev–Trinajstić information content (AvgIpc) is 3.15. The van der Waals surface area contributed by atoms with Gasteiger partial charge in [0, 0.05) is 37.7 Å². The van der Waals surface area contributed by atoms with Crippen LogP contribution < -0.4 is 0 Å². The van der Waals surface area contributed by atoms with Gasteiger partial charge in [-0.3, -0.25) is 4.98 Å². The third-order valence-electron chi connectivity index (χ3n) is 5.11. The number of ether oxygens (including phenoxy) is 1. The summed E-state index contributed by atoms with van der Waals surface area (Å²) in [6.45, 7) is 6.07. The van der Waals surface area contributed by atoms with Gasteiger partial charge in [-0.1, -0.05) is 18.2 Å². The smallest absolute Gasteiger partial charge is 0.126 e. The number of hydrogen-bond acceptors (Lipinski definition) is 3. The summed E-state index contributed by atoms with van der Waals surface area (Å²) in [5.41, 5.74) is 6.37. The van der Waals surface area contributed by atoms with Crippen LogP contribution in [0.3, 0.4) is 0 Å². The molecule has 0 saturated heterocycles. The second-order valence-corrected chi connectivity index (χ2v) is 7.08.